The molecule has 5 nitrogen and oxygen atoms in total. The molecule has 0 aliphatic heterocycles. The number of hydrogen-bond donors (Lipinski definition) is 1. The van der Waals surface area contributed by atoms with E-state index in [1.807, 2.05) is 6.07 Å². The average molecular weight is 279 g/mol. The minimum atomic E-state index is -3.65. The Labute approximate surface area is 109 Å². The molecule has 0 atom stereocenters. The second-order valence-electron chi connectivity index (χ2n) is 3.53. The Kier molecular flexibility index (Phi) is 3.32. The lowest BCUT2D eigenvalue weighted by molar-refractivity contribution is 0.603. The average Bonchev–Trinajstić information content (AvgIpc) is 2.81. The summed E-state index contributed by atoms with van der Waals surface area (Å²) in [4.78, 5) is 4.23. The highest BCUT2D eigenvalue weighted by atomic mass is 32.2. The molecule has 0 aliphatic carbocycles. The Morgan fingerprint density at radius 3 is 2.78 bits per heavy atom. The molecule has 0 fully saturated rings. The molecule has 1 N–H and O–H groups in total. The van der Waals surface area contributed by atoms with Gasteiger partial charge < -0.3 is 0 Å². The van der Waals surface area contributed by atoms with Gasteiger partial charge in [0.15, 0.2) is 0 Å². The van der Waals surface area contributed by atoms with Gasteiger partial charge in [0.1, 0.15) is 15.2 Å². The van der Waals surface area contributed by atoms with Crippen molar-refractivity contribution in [3.8, 4) is 6.07 Å². The Bertz CT molecular complexity index is 714. The number of hydrogen-bond acceptors (Lipinski definition) is 5. The van der Waals surface area contributed by atoms with Gasteiger partial charge in [0.25, 0.3) is 10.0 Å². The van der Waals surface area contributed by atoms with E-state index in [0.717, 1.165) is 16.9 Å². The molecule has 0 bridgehead atoms. The second kappa shape index (κ2) is 4.76. The number of nitriles is 1. The summed E-state index contributed by atoms with van der Waals surface area (Å²) in [5, 5.41) is 8.69. The van der Waals surface area contributed by atoms with Crippen LogP contribution in [-0.2, 0) is 10.0 Å². The first kappa shape index (κ1) is 12.5. The first-order valence-corrected chi connectivity index (χ1v) is 7.26. The standard InChI is InChI=1S/C11H9N3O2S2/c1-8-4-5-13-7-10(8)14-18(15,16)11-3-2-9(6-12)17-11/h2-5,7,14H,1H3. The zero-order valence-corrected chi connectivity index (χ0v) is 11.0. The van der Waals surface area contributed by atoms with Gasteiger partial charge in [0.05, 0.1) is 11.9 Å². The lowest BCUT2D eigenvalue weighted by Gasteiger charge is -2.07. The van der Waals surface area contributed by atoms with Crippen molar-refractivity contribution in [2.24, 2.45) is 0 Å². The fourth-order valence-electron chi connectivity index (χ4n) is 1.29. The molecule has 2 rings (SSSR count). The molecule has 2 aromatic rings. The summed E-state index contributed by atoms with van der Waals surface area (Å²) >= 11 is 0.933. The van der Waals surface area contributed by atoms with Crippen LogP contribution in [0.3, 0.4) is 0 Å². The van der Waals surface area contributed by atoms with Gasteiger partial charge in [-0.2, -0.15) is 5.26 Å². The minimum Gasteiger partial charge on any atom is -0.277 e. The Balaban J connectivity index is 2.34. The molecule has 0 aliphatic rings. The maximum Gasteiger partial charge on any atom is 0.271 e. The van der Waals surface area contributed by atoms with Gasteiger partial charge in [-0.1, -0.05) is 0 Å². The van der Waals surface area contributed by atoms with E-state index in [-0.39, 0.29) is 4.21 Å². The largest absolute Gasteiger partial charge is 0.277 e. The van der Waals surface area contributed by atoms with Crippen LogP contribution in [0.15, 0.2) is 34.8 Å². The minimum absolute atomic E-state index is 0.113. The summed E-state index contributed by atoms with van der Waals surface area (Å²) in [6, 6.07) is 6.52. The summed E-state index contributed by atoms with van der Waals surface area (Å²) in [7, 11) is -3.65. The molecule has 18 heavy (non-hydrogen) atoms. The van der Waals surface area contributed by atoms with Crippen LogP contribution in [0.1, 0.15) is 10.4 Å². The van der Waals surface area contributed by atoms with Crippen molar-refractivity contribution in [1.82, 2.24) is 4.98 Å². The van der Waals surface area contributed by atoms with Crippen molar-refractivity contribution in [1.29, 1.82) is 5.26 Å². The quantitative estimate of drug-likeness (QED) is 0.932. The van der Waals surface area contributed by atoms with Crippen molar-refractivity contribution in [3.05, 3.63) is 41.0 Å². The molecule has 0 saturated carbocycles. The number of aromatic nitrogens is 1. The molecule has 0 unspecified atom stereocenters. The molecule has 0 amide bonds. The Morgan fingerprint density at radius 1 is 1.39 bits per heavy atom. The van der Waals surface area contributed by atoms with E-state index in [2.05, 4.69) is 9.71 Å². The lowest BCUT2D eigenvalue weighted by Crippen LogP contribution is -2.12. The topological polar surface area (TPSA) is 82.8 Å². The molecule has 2 heterocycles. The third-order valence-electron chi connectivity index (χ3n) is 2.24. The van der Waals surface area contributed by atoms with Gasteiger partial charge in [0, 0.05) is 6.20 Å². The molecule has 0 spiro atoms. The molecule has 7 heteroatoms. The Hall–Kier alpha value is -1.91. The predicted octanol–water partition coefficient (Wildman–Crippen LogP) is 2.12. The van der Waals surface area contributed by atoms with Crippen LogP contribution >= 0.6 is 11.3 Å². The van der Waals surface area contributed by atoms with Crippen LogP contribution < -0.4 is 4.72 Å². The van der Waals surface area contributed by atoms with Gasteiger partial charge in [-0.25, -0.2) is 8.42 Å². The maximum atomic E-state index is 12.0. The van der Waals surface area contributed by atoms with Crippen LogP contribution in [0.25, 0.3) is 0 Å². The fraction of sp³-hybridized carbons (Fsp3) is 0.0909. The zero-order valence-electron chi connectivity index (χ0n) is 9.41. The number of anilines is 1. The van der Waals surface area contributed by atoms with E-state index in [9.17, 15) is 8.42 Å². The second-order valence-corrected chi connectivity index (χ2v) is 6.52. The van der Waals surface area contributed by atoms with Crippen molar-refractivity contribution < 1.29 is 8.42 Å². The highest BCUT2D eigenvalue weighted by molar-refractivity contribution is 7.94. The number of rotatable bonds is 3. The van der Waals surface area contributed by atoms with Gasteiger partial charge in [-0.15, -0.1) is 11.3 Å². The van der Waals surface area contributed by atoms with E-state index in [4.69, 9.17) is 5.26 Å². The van der Waals surface area contributed by atoms with Crippen LogP contribution in [0.4, 0.5) is 5.69 Å². The van der Waals surface area contributed by atoms with Gasteiger partial charge >= 0.3 is 0 Å². The van der Waals surface area contributed by atoms with Crippen LogP contribution in [0.2, 0.25) is 0 Å². The number of thiophene rings is 1. The van der Waals surface area contributed by atoms with E-state index in [1.165, 1.54) is 18.3 Å². The highest BCUT2D eigenvalue weighted by Crippen LogP contribution is 2.24. The molecular weight excluding hydrogens is 270 g/mol. The number of pyridine rings is 1. The SMILES string of the molecule is Cc1ccncc1NS(=O)(=O)c1ccc(C#N)s1. The number of nitrogens with zero attached hydrogens (tertiary/aromatic N) is 2. The van der Waals surface area contributed by atoms with Crippen molar-refractivity contribution in [3.63, 3.8) is 0 Å². The normalized spacial score (nSPS) is 10.9. The van der Waals surface area contributed by atoms with Crippen LogP contribution in [0, 0.1) is 18.3 Å². The third-order valence-corrected chi connectivity index (χ3v) is 5.09. The monoisotopic (exact) mass is 279 g/mol. The fourth-order valence-corrected chi connectivity index (χ4v) is 3.51. The first-order valence-electron chi connectivity index (χ1n) is 4.96. The molecule has 92 valence electrons. The Morgan fingerprint density at radius 2 is 2.17 bits per heavy atom. The van der Waals surface area contributed by atoms with E-state index >= 15 is 0 Å². The summed E-state index contributed by atoms with van der Waals surface area (Å²) in [6.07, 6.45) is 3.04. The lowest BCUT2D eigenvalue weighted by atomic mass is 10.3. The predicted molar refractivity (Wildman–Crippen MR) is 68.8 cm³/mol. The first-order chi connectivity index (χ1) is 8.53. The van der Waals surface area contributed by atoms with E-state index < -0.39 is 10.0 Å². The number of aryl methyl sites for hydroxylation is 1. The molecule has 0 radical (unpaired) electrons. The van der Waals surface area contributed by atoms with Crippen molar-refractivity contribution in [2.75, 3.05) is 4.72 Å². The van der Waals surface area contributed by atoms with E-state index in [1.54, 1.807) is 19.2 Å². The van der Waals surface area contributed by atoms with Crippen molar-refractivity contribution in [2.45, 2.75) is 11.1 Å². The summed E-state index contributed by atoms with van der Waals surface area (Å²) in [5.41, 5.74) is 1.22. The summed E-state index contributed by atoms with van der Waals surface area (Å²) in [5.74, 6) is 0. The third kappa shape index (κ3) is 2.50. The molecule has 2 aromatic heterocycles. The summed E-state index contributed by atoms with van der Waals surface area (Å²) in [6.45, 7) is 1.79. The van der Waals surface area contributed by atoms with Crippen LogP contribution in [-0.4, -0.2) is 13.4 Å². The number of sulfonamides is 1. The molecule has 0 saturated heterocycles. The van der Waals surface area contributed by atoms with Crippen molar-refractivity contribution >= 4 is 27.0 Å². The van der Waals surface area contributed by atoms with Gasteiger partial charge in [0.2, 0.25) is 0 Å². The maximum absolute atomic E-state index is 12.0. The summed E-state index contributed by atoms with van der Waals surface area (Å²) < 4.78 is 26.7. The van der Waals surface area contributed by atoms with Gasteiger partial charge in [-0.05, 0) is 30.7 Å². The highest BCUT2D eigenvalue weighted by Gasteiger charge is 2.17. The van der Waals surface area contributed by atoms with Gasteiger partial charge in [-0.3, -0.25) is 9.71 Å². The molecule has 0 aromatic carbocycles. The number of nitrogens with one attached hydrogen (secondary N) is 1. The molecular formula is C11H9N3O2S2. The van der Waals surface area contributed by atoms with E-state index in [0.29, 0.717) is 10.6 Å². The zero-order chi connectivity index (χ0) is 13.2. The smallest absolute Gasteiger partial charge is 0.271 e. The van der Waals surface area contributed by atoms with Crippen LogP contribution in [0.5, 0.6) is 0 Å².